The topological polar surface area (TPSA) is 61.3 Å². The molecule has 0 bridgehead atoms. The molecule has 0 saturated carbocycles. The molecule has 0 aliphatic heterocycles. The first-order chi connectivity index (χ1) is 10.5. The summed E-state index contributed by atoms with van der Waals surface area (Å²) in [6.07, 6.45) is 0. The molecule has 0 aliphatic carbocycles. The van der Waals surface area contributed by atoms with Gasteiger partial charge < -0.3 is 16.2 Å². The molecule has 0 saturated heterocycles. The second-order valence-electron chi connectivity index (χ2n) is 8.10. The lowest BCUT2D eigenvalue weighted by Gasteiger charge is -2.23. The summed E-state index contributed by atoms with van der Waals surface area (Å²) in [6, 6.07) is 11.6. The van der Waals surface area contributed by atoms with Crippen LogP contribution in [0.5, 0.6) is 11.5 Å². The van der Waals surface area contributed by atoms with Crippen molar-refractivity contribution in [3.8, 4) is 11.5 Å². The summed E-state index contributed by atoms with van der Waals surface area (Å²) in [6.45, 7) is 12.9. The highest BCUT2D eigenvalue weighted by molar-refractivity contribution is 5.56. The van der Waals surface area contributed by atoms with E-state index in [1.165, 1.54) is 0 Å². The Kier molecular flexibility index (Phi) is 4.34. The van der Waals surface area contributed by atoms with Crippen molar-refractivity contribution in [2.45, 2.75) is 52.4 Å². The van der Waals surface area contributed by atoms with E-state index < -0.39 is 0 Å². The standard InChI is InChI=1S/C20H28N2O/c1-19(2,3)15-11-13(7-9-17(15)21)23-14-8-10-18(22)16(12-14)20(4,5)6/h7-12H,21-22H2,1-6H3. The van der Waals surface area contributed by atoms with Crippen molar-refractivity contribution in [2.24, 2.45) is 0 Å². The molecule has 2 aromatic rings. The Bertz CT molecular complexity index is 645. The van der Waals surface area contributed by atoms with Gasteiger partial charge >= 0.3 is 0 Å². The number of ether oxygens (including phenoxy) is 1. The van der Waals surface area contributed by atoms with Crippen molar-refractivity contribution in [1.82, 2.24) is 0 Å². The molecule has 0 amide bonds. The Hall–Kier alpha value is -2.16. The highest BCUT2D eigenvalue weighted by Gasteiger charge is 2.19. The lowest BCUT2D eigenvalue weighted by molar-refractivity contribution is 0.475. The van der Waals surface area contributed by atoms with Crippen LogP contribution in [0.3, 0.4) is 0 Å². The second-order valence-corrected chi connectivity index (χ2v) is 8.10. The first kappa shape index (κ1) is 17.2. The molecule has 0 spiro atoms. The predicted octanol–water partition coefficient (Wildman–Crippen LogP) is 5.24. The molecule has 3 nitrogen and oxygen atoms in total. The third-order valence-corrected chi connectivity index (χ3v) is 3.90. The van der Waals surface area contributed by atoms with Crippen molar-refractivity contribution in [1.29, 1.82) is 0 Å². The van der Waals surface area contributed by atoms with Crippen molar-refractivity contribution in [2.75, 3.05) is 11.5 Å². The minimum absolute atomic E-state index is 0.0266. The van der Waals surface area contributed by atoms with Gasteiger partial charge in [-0.1, -0.05) is 41.5 Å². The van der Waals surface area contributed by atoms with Gasteiger partial charge in [-0.15, -0.1) is 0 Å². The number of rotatable bonds is 2. The molecule has 3 heteroatoms. The zero-order valence-corrected chi connectivity index (χ0v) is 15.0. The third kappa shape index (κ3) is 3.98. The van der Waals surface area contributed by atoms with E-state index in [0.717, 1.165) is 34.0 Å². The van der Waals surface area contributed by atoms with Crippen LogP contribution >= 0.6 is 0 Å². The van der Waals surface area contributed by atoms with Crippen LogP contribution in [0.2, 0.25) is 0 Å². The summed E-state index contributed by atoms with van der Waals surface area (Å²) in [7, 11) is 0. The van der Waals surface area contributed by atoms with Gasteiger partial charge in [0.2, 0.25) is 0 Å². The SMILES string of the molecule is CC(C)(C)c1cc(Oc2ccc(N)c(C(C)(C)C)c2)ccc1N. The van der Waals surface area contributed by atoms with Crippen molar-refractivity contribution in [3.63, 3.8) is 0 Å². The van der Waals surface area contributed by atoms with Crippen LogP contribution in [0.25, 0.3) is 0 Å². The Labute approximate surface area is 139 Å². The van der Waals surface area contributed by atoms with Gasteiger partial charge in [-0.3, -0.25) is 0 Å². The molecular formula is C20H28N2O. The summed E-state index contributed by atoms with van der Waals surface area (Å²) < 4.78 is 6.05. The summed E-state index contributed by atoms with van der Waals surface area (Å²) in [4.78, 5) is 0. The highest BCUT2D eigenvalue weighted by Crippen LogP contribution is 2.35. The van der Waals surface area contributed by atoms with E-state index in [0.29, 0.717) is 0 Å². The Morgan fingerprint density at radius 2 is 1.00 bits per heavy atom. The molecule has 0 fully saturated rings. The quantitative estimate of drug-likeness (QED) is 0.746. The molecule has 0 aliphatic rings. The first-order valence-electron chi connectivity index (χ1n) is 7.96. The van der Waals surface area contributed by atoms with E-state index in [-0.39, 0.29) is 10.8 Å². The molecule has 0 atom stereocenters. The minimum Gasteiger partial charge on any atom is -0.457 e. The van der Waals surface area contributed by atoms with E-state index in [2.05, 4.69) is 41.5 Å². The largest absolute Gasteiger partial charge is 0.457 e. The molecule has 124 valence electrons. The van der Waals surface area contributed by atoms with Gasteiger partial charge in [0, 0.05) is 11.4 Å². The van der Waals surface area contributed by atoms with Crippen LogP contribution in [0, 0.1) is 0 Å². The fourth-order valence-corrected chi connectivity index (χ4v) is 2.63. The van der Waals surface area contributed by atoms with Crippen LogP contribution in [-0.4, -0.2) is 0 Å². The molecule has 0 heterocycles. The number of hydrogen-bond acceptors (Lipinski definition) is 3. The van der Waals surface area contributed by atoms with Crippen LogP contribution in [-0.2, 0) is 10.8 Å². The van der Waals surface area contributed by atoms with Crippen LogP contribution < -0.4 is 16.2 Å². The molecule has 0 unspecified atom stereocenters. The zero-order chi connectivity index (χ0) is 17.4. The van der Waals surface area contributed by atoms with Gasteiger partial charge in [-0.25, -0.2) is 0 Å². The van der Waals surface area contributed by atoms with E-state index in [1.807, 2.05) is 36.4 Å². The van der Waals surface area contributed by atoms with Crippen molar-refractivity contribution >= 4 is 11.4 Å². The van der Waals surface area contributed by atoms with Crippen LogP contribution in [0.1, 0.15) is 52.7 Å². The average Bonchev–Trinajstić information content (AvgIpc) is 2.40. The lowest BCUT2D eigenvalue weighted by Crippen LogP contribution is -2.14. The number of nitrogen functional groups attached to an aromatic ring is 2. The third-order valence-electron chi connectivity index (χ3n) is 3.90. The van der Waals surface area contributed by atoms with Crippen LogP contribution in [0.15, 0.2) is 36.4 Å². The second kappa shape index (κ2) is 5.80. The van der Waals surface area contributed by atoms with Gasteiger partial charge in [0.25, 0.3) is 0 Å². The number of anilines is 2. The van der Waals surface area contributed by atoms with Crippen molar-refractivity contribution < 1.29 is 4.74 Å². The Morgan fingerprint density at radius 1 is 0.652 bits per heavy atom. The zero-order valence-electron chi connectivity index (χ0n) is 15.0. The molecule has 23 heavy (non-hydrogen) atoms. The fraction of sp³-hybridized carbons (Fsp3) is 0.400. The molecule has 0 radical (unpaired) electrons. The summed E-state index contributed by atoms with van der Waals surface area (Å²) in [5, 5.41) is 0. The van der Waals surface area contributed by atoms with Gasteiger partial charge in [0.1, 0.15) is 11.5 Å². The predicted molar refractivity (Wildman–Crippen MR) is 99.2 cm³/mol. The minimum atomic E-state index is -0.0266. The molecule has 0 aromatic heterocycles. The maximum atomic E-state index is 6.10. The number of hydrogen-bond donors (Lipinski definition) is 2. The first-order valence-corrected chi connectivity index (χ1v) is 7.96. The molecule has 2 aromatic carbocycles. The van der Waals surface area contributed by atoms with Gasteiger partial charge in [0.15, 0.2) is 0 Å². The summed E-state index contributed by atoms with van der Waals surface area (Å²) >= 11 is 0. The monoisotopic (exact) mass is 312 g/mol. The van der Waals surface area contributed by atoms with E-state index in [1.54, 1.807) is 0 Å². The molecule has 4 N–H and O–H groups in total. The maximum absolute atomic E-state index is 6.10. The van der Waals surface area contributed by atoms with E-state index >= 15 is 0 Å². The normalized spacial score (nSPS) is 12.3. The van der Waals surface area contributed by atoms with Gasteiger partial charge in [0.05, 0.1) is 0 Å². The molecule has 2 rings (SSSR count). The summed E-state index contributed by atoms with van der Waals surface area (Å²) in [5.41, 5.74) is 15.9. The maximum Gasteiger partial charge on any atom is 0.127 e. The Morgan fingerprint density at radius 3 is 1.30 bits per heavy atom. The van der Waals surface area contributed by atoms with E-state index in [9.17, 15) is 0 Å². The van der Waals surface area contributed by atoms with Crippen molar-refractivity contribution in [3.05, 3.63) is 47.5 Å². The van der Waals surface area contributed by atoms with Gasteiger partial charge in [-0.05, 0) is 58.4 Å². The lowest BCUT2D eigenvalue weighted by atomic mass is 9.85. The van der Waals surface area contributed by atoms with E-state index in [4.69, 9.17) is 16.2 Å². The van der Waals surface area contributed by atoms with Gasteiger partial charge in [-0.2, -0.15) is 0 Å². The number of benzene rings is 2. The van der Waals surface area contributed by atoms with Crippen LogP contribution in [0.4, 0.5) is 11.4 Å². The number of nitrogens with two attached hydrogens (primary N) is 2. The summed E-state index contributed by atoms with van der Waals surface area (Å²) in [5.74, 6) is 1.57. The average molecular weight is 312 g/mol. The fourth-order valence-electron chi connectivity index (χ4n) is 2.63. The Balaban J connectivity index is 2.37. The molecular weight excluding hydrogens is 284 g/mol. The highest BCUT2D eigenvalue weighted by atomic mass is 16.5. The smallest absolute Gasteiger partial charge is 0.127 e.